The maximum atomic E-state index is 12.9. The molecule has 2 heteroatoms. The summed E-state index contributed by atoms with van der Waals surface area (Å²) in [6, 6.07) is 6.75. The second-order valence-electron chi connectivity index (χ2n) is 5.47. The van der Waals surface area contributed by atoms with Crippen molar-refractivity contribution in [2.24, 2.45) is 5.41 Å². The van der Waals surface area contributed by atoms with Gasteiger partial charge in [0.2, 0.25) is 0 Å². The van der Waals surface area contributed by atoms with E-state index in [1.165, 1.54) is 18.9 Å². The number of rotatable bonds is 5. The molecule has 0 unspecified atom stereocenters. The average Bonchev–Trinajstić information content (AvgIpc) is 2.15. The number of benzene rings is 1. The Labute approximate surface area is 98.1 Å². The van der Waals surface area contributed by atoms with Crippen LogP contribution in [0.4, 0.5) is 4.39 Å². The maximum Gasteiger partial charge on any atom is 0.123 e. The molecule has 16 heavy (non-hydrogen) atoms. The second-order valence-corrected chi connectivity index (χ2v) is 5.47. The Kier molecular flexibility index (Phi) is 4.94. The molecule has 1 rings (SSSR count). The third-order valence-electron chi connectivity index (χ3n) is 2.50. The Morgan fingerprint density at radius 2 is 2.00 bits per heavy atom. The van der Waals surface area contributed by atoms with Crippen molar-refractivity contribution in [1.82, 2.24) is 5.32 Å². The highest BCUT2D eigenvalue weighted by atomic mass is 19.1. The van der Waals surface area contributed by atoms with Crippen molar-refractivity contribution in [2.75, 3.05) is 6.54 Å². The minimum atomic E-state index is -0.158. The highest BCUT2D eigenvalue weighted by Gasteiger charge is 2.08. The number of nitrogens with one attached hydrogen (secondary N) is 1. The van der Waals surface area contributed by atoms with E-state index in [0.717, 1.165) is 18.7 Å². The predicted molar refractivity (Wildman–Crippen MR) is 66.8 cm³/mol. The molecular weight excluding hydrogens is 201 g/mol. The van der Waals surface area contributed by atoms with Gasteiger partial charge in [0.05, 0.1) is 0 Å². The van der Waals surface area contributed by atoms with E-state index in [9.17, 15) is 4.39 Å². The summed E-state index contributed by atoms with van der Waals surface area (Å²) < 4.78 is 12.9. The van der Waals surface area contributed by atoms with Crippen molar-refractivity contribution in [3.63, 3.8) is 0 Å². The van der Waals surface area contributed by atoms with Crippen LogP contribution >= 0.6 is 0 Å². The fraction of sp³-hybridized carbons (Fsp3) is 0.571. The van der Waals surface area contributed by atoms with Crippen molar-refractivity contribution in [3.05, 3.63) is 35.6 Å². The summed E-state index contributed by atoms with van der Waals surface area (Å²) in [5.74, 6) is -0.158. The standard InChI is InChI=1S/C14H22FN/c1-14(2,3)8-5-9-16-11-12-6-4-7-13(15)10-12/h4,6-7,10,16H,5,8-9,11H2,1-3H3. The molecule has 0 fully saturated rings. The lowest BCUT2D eigenvalue weighted by molar-refractivity contribution is 0.361. The Hall–Kier alpha value is -0.890. The van der Waals surface area contributed by atoms with Crippen LogP contribution in [-0.4, -0.2) is 6.54 Å². The molecule has 0 saturated carbocycles. The predicted octanol–water partition coefficient (Wildman–Crippen LogP) is 3.74. The second kappa shape index (κ2) is 6.00. The van der Waals surface area contributed by atoms with Crippen molar-refractivity contribution in [2.45, 2.75) is 40.2 Å². The van der Waals surface area contributed by atoms with Crippen LogP contribution in [-0.2, 0) is 6.54 Å². The fourth-order valence-electron chi connectivity index (χ4n) is 1.62. The van der Waals surface area contributed by atoms with Crippen LogP contribution in [0.1, 0.15) is 39.2 Å². The smallest absolute Gasteiger partial charge is 0.123 e. The minimum absolute atomic E-state index is 0.158. The first-order valence-corrected chi connectivity index (χ1v) is 5.92. The number of halogens is 1. The van der Waals surface area contributed by atoms with Gasteiger partial charge < -0.3 is 5.32 Å². The van der Waals surface area contributed by atoms with Gasteiger partial charge in [0, 0.05) is 6.54 Å². The van der Waals surface area contributed by atoms with Gasteiger partial charge >= 0.3 is 0 Å². The molecule has 0 aliphatic heterocycles. The molecule has 1 nitrogen and oxygen atoms in total. The highest BCUT2D eigenvalue weighted by Crippen LogP contribution is 2.19. The molecule has 0 saturated heterocycles. The first-order valence-electron chi connectivity index (χ1n) is 5.92. The normalized spacial score (nSPS) is 11.8. The third kappa shape index (κ3) is 5.86. The van der Waals surface area contributed by atoms with E-state index in [0.29, 0.717) is 5.41 Å². The van der Waals surface area contributed by atoms with E-state index >= 15 is 0 Å². The van der Waals surface area contributed by atoms with Crippen molar-refractivity contribution in [3.8, 4) is 0 Å². The molecule has 0 amide bonds. The quantitative estimate of drug-likeness (QED) is 0.750. The highest BCUT2D eigenvalue weighted by molar-refractivity contribution is 5.15. The summed E-state index contributed by atoms with van der Waals surface area (Å²) in [6.45, 7) is 8.49. The molecule has 0 heterocycles. The average molecular weight is 223 g/mol. The van der Waals surface area contributed by atoms with Gasteiger partial charge in [0.1, 0.15) is 5.82 Å². The van der Waals surface area contributed by atoms with Gasteiger partial charge in [0.15, 0.2) is 0 Å². The monoisotopic (exact) mass is 223 g/mol. The van der Waals surface area contributed by atoms with Crippen LogP contribution in [0.2, 0.25) is 0 Å². The summed E-state index contributed by atoms with van der Waals surface area (Å²) in [5.41, 5.74) is 1.41. The molecule has 0 spiro atoms. The molecular formula is C14H22FN. The zero-order valence-electron chi connectivity index (χ0n) is 10.5. The lowest BCUT2D eigenvalue weighted by atomic mass is 9.91. The van der Waals surface area contributed by atoms with Crippen LogP contribution < -0.4 is 5.32 Å². The van der Waals surface area contributed by atoms with E-state index in [1.807, 2.05) is 6.07 Å². The first kappa shape index (κ1) is 13.2. The summed E-state index contributed by atoms with van der Waals surface area (Å²) in [7, 11) is 0. The molecule has 1 N–H and O–H groups in total. The molecule has 0 aliphatic carbocycles. The molecule has 0 atom stereocenters. The number of hydrogen-bond acceptors (Lipinski definition) is 1. The molecule has 0 bridgehead atoms. The molecule has 1 aromatic carbocycles. The van der Waals surface area contributed by atoms with E-state index in [4.69, 9.17) is 0 Å². The molecule has 1 aromatic rings. The van der Waals surface area contributed by atoms with Crippen LogP contribution in [0.25, 0.3) is 0 Å². The summed E-state index contributed by atoms with van der Waals surface area (Å²) in [4.78, 5) is 0. The van der Waals surface area contributed by atoms with Gasteiger partial charge in [-0.05, 0) is 42.5 Å². The van der Waals surface area contributed by atoms with E-state index < -0.39 is 0 Å². The van der Waals surface area contributed by atoms with Crippen LogP contribution in [0.3, 0.4) is 0 Å². The SMILES string of the molecule is CC(C)(C)CCCNCc1cccc(F)c1. The van der Waals surface area contributed by atoms with Gasteiger partial charge in [-0.3, -0.25) is 0 Å². The molecule has 0 radical (unpaired) electrons. The zero-order valence-corrected chi connectivity index (χ0v) is 10.5. The van der Waals surface area contributed by atoms with Gasteiger partial charge in [-0.1, -0.05) is 32.9 Å². The third-order valence-corrected chi connectivity index (χ3v) is 2.50. The van der Waals surface area contributed by atoms with E-state index in [1.54, 1.807) is 12.1 Å². The summed E-state index contributed by atoms with van der Waals surface area (Å²) >= 11 is 0. The largest absolute Gasteiger partial charge is 0.313 e. The van der Waals surface area contributed by atoms with E-state index in [2.05, 4.69) is 26.1 Å². The van der Waals surface area contributed by atoms with Crippen LogP contribution in [0, 0.1) is 11.2 Å². The maximum absolute atomic E-state index is 12.9. The Balaban J connectivity index is 2.17. The van der Waals surface area contributed by atoms with Gasteiger partial charge in [-0.15, -0.1) is 0 Å². The Bertz CT molecular complexity index is 315. The van der Waals surface area contributed by atoms with Gasteiger partial charge in [0.25, 0.3) is 0 Å². The minimum Gasteiger partial charge on any atom is -0.313 e. The zero-order chi connectivity index (χ0) is 12.0. The van der Waals surface area contributed by atoms with Gasteiger partial charge in [-0.25, -0.2) is 4.39 Å². The van der Waals surface area contributed by atoms with Crippen molar-refractivity contribution >= 4 is 0 Å². The van der Waals surface area contributed by atoms with Crippen molar-refractivity contribution in [1.29, 1.82) is 0 Å². The van der Waals surface area contributed by atoms with E-state index in [-0.39, 0.29) is 5.82 Å². The van der Waals surface area contributed by atoms with Crippen LogP contribution in [0.5, 0.6) is 0 Å². The van der Waals surface area contributed by atoms with Crippen LogP contribution in [0.15, 0.2) is 24.3 Å². The molecule has 0 aliphatic rings. The Morgan fingerprint density at radius 1 is 1.25 bits per heavy atom. The van der Waals surface area contributed by atoms with Gasteiger partial charge in [-0.2, -0.15) is 0 Å². The summed E-state index contributed by atoms with van der Waals surface area (Å²) in [5, 5.41) is 3.33. The topological polar surface area (TPSA) is 12.0 Å². The lowest BCUT2D eigenvalue weighted by Crippen LogP contribution is -2.17. The molecule has 90 valence electrons. The summed E-state index contributed by atoms with van der Waals surface area (Å²) in [6.07, 6.45) is 2.38. The Morgan fingerprint density at radius 3 is 2.62 bits per heavy atom. The number of hydrogen-bond donors (Lipinski definition) is 1. The first-order chi connectivity index (χ1) is 7.47. The van der Waals surface area contributed by atoms with Crippen molar-refractivity contribution < 1.29 is 4.39 Å². The molecule has 0 aromatic heterocycles. The fourth-order valence-corrected chi connectivity index (χ4v) is 1.62. The lowest BCUT2D eigenvalue weighted by Gasteiger charge is -2.17.